The molecule has 0 fully saturated rings. The Morgan fingerprint density at radius 3 is 2.44 bits per heavy atom. The van der Waals surface area contributed by atoms with E-state index in [9.17, 15) is 0 Å². The largest absolute Gasteiger partial charge is 1.00 e. The van der Waals surface area contributed by atoms with Crippen molar-refractivity contribution in [2.45, 2.75) is 19.7 Å². The summed E-state index contributed by atoms with van der Waals surface area (Å²) in [5.74, 6) is 2.41. The van der Waals surface area contributed by atoms with Crippen LogP contribution < -0.4 is 27.2 Å². The number of hydrogen-bond acceptors (Lipinski definition) is 4. The van der Waals surface area contributed by atoms with Gasteiger partial charge in [-0.05, 0) is 35.4 Å². The summed E-state index contributed by atoms with van der Waals surface area (Å²) in [6, 6.07) is 19.9. The van der Waals surface area contributed by atoms with Crippen molar-refractivity contribution in [3.05, 3.63) is 83.8 Å². The molecule has 3 rings (SSSR count). The molecule has 132 valence electrons. The molecule has 0 atom stereocenters. The third-order valence-electron chi connectivity index (χ3n) is 3.67. The van der Waals surface area contributed by atoms with Crippen molar-refractivity contribution in [1.29, 1.82) is 0 Å². The van der Waals surface area contributed by atoms with Crippen LogP contribution in [0.3, 0.4) is 0 Å². The molecule has 0 bridgehead atoms. The van der Waals surface area contributed by atoms with Crippen LogP contribution in [0.25, 0.3) is 0 Å². The van der Waals surface area contributed by atoms with Crippen LogP contribution in [0.15, 0.2) is 71.3 Å². The fourth-order valence-corrected chi connectivity index (χ4v) is 2.42. The number of furan rings is 1. The van der Waals surface area contributed by atoms with Crippen LogP contribution in [-0.4, -0.2) is 7.11 Å². The van der Waals surface area contributed by atoms with Crippen LogP contribution in [0.2, 0.25) is 0 Å². The SMILES string of the molecule is COc1cc(CNCc2ccco2)ccc1OCc1ccccc1.[Cl-]. The van der Waals surface area contributed by atoms with Crippen LogP contribution >= 0.6 is 0 Å². The summed E-state index contributed by atoms with van der Waals surface area (Å²) in [6.45, 7) is 1.95. The lowest BCUT2D eigenvalue weighted by atomic mass is 10.2. The molecule has 0 radical (unpaired) electrons. The summed E-state index contributed by atoms with van der Waals surface area (Å²) in [6.07, 6.45) is 1.68. The smallest absolute Gasteiger partial charge is 0.161 e. The van der Waals surface area contributed by atoms with Gasteiger partial charge in [0.05, 0.1) is 19.9 Å². The van der Waals surface area contributed by atoms with Crippen molar-refractivity contribution in [2.75, 3.05) is 7.11 Å². The average molecular weight is 359 g/mol. The normalized spacial score (nSPS) is 10.1. The first-order chi connectivity index (χ1) is 11.8. The fraction of sp³-hybridized carbons (Fsp3) is 0.200. The Hall–Kier alpha value is -2.43. The van der Waals surface area contributed by atoms with E-state index < -0.39 is 0 Å². The monoisotopic (exact) mass is 358 g/mol. The van der Waals surface area contributed by atoms with Gasteiger partial charge in [0.25, 0.3) is 0 Å². The fourth-order valence-electron chi connectivity index (χ4n) is 2.42. The molecular weight excluding hydrogens is 338 g/mol. The molecule has 0 aliphatic carbocycles. The molecule has 5 heteroatoms. The summed E-state index contributed by atoms with van der Waals surface area (Å²) in [5, 5.41) is 3.34. The van der Waals surface area contributed by atoms with E-state index in [1.807, 2.05) is 60.7 Å². The van der Waals surface area contributed by atoms with Crippen LogP contribution in [-0.2, 0) is 19.7 Å². The topological polar surface area (TPSA) is 43.6 Å². The first kappa shape index (κ1) is 18.9. The summed E-state index contributed by atoms with van der Waals surface area (Å²) in [4.78, 5) is 0. The number of rotatable bonds is 8. The highest BCUT2D eigenvalue weighted by molar-refractivity contribution is 5.43. The lowest BCUT2D eigenvalue weighted by molar-refractivity contribution is -0.00000595. The molecule has 0 spiro atoms. The highest BCUT2D eigenvalue weighted by Gasteiger charge is 2.06. The molecule has 1 N–H and O–H groups in total. The number of benzene rings is 2. The lowest BCUT2D eigenvalue weighted by Gasteiger charge is -2.12. The van der Waals surface area contributed by atoms with E-state index in [0.29, 0.717) is 13.2 Å². The maximum absolute atomic E-state index is 5.87. The molecule has 3 aromatic rings. The van der Waals surface area contributed by atoms with Crippen LogP contribution in [0.4, 0.5) is 0 Å². The molecule has 1 aromatic heterocycles. The standard InChI is InChI=1S/C20H21NO3.ClH/c1-22-20-12-17(13-21-14-18-8-5-11-23-18)9-10-19(20)24-15-16-6-3-2-4-7-16;/h2-12,21H,13-15H2,1H3;1H/p-1. The first-order valence-corrected chi connectivity index (χ1v) is 7.92. The van der Waals surface area contributed by atoms with E-state index >= 15 is 0 Å². The molecule has 2 aromatic carbocycles. The van der Waals surface area contributed by atoms with Crippen molar-refractivity contribution >= 4 is 0 Å². The predicted molar refractivity (Wildman–Crippen MR) is 93.0 cm³/mol. The Bertz CT molecular complexity index is 745. The van der Waals surface area contributed by atoms with E-state index in [-0.39, 0.29) is 12.4 Å². The number of ether oxygens (including phenoxy) is 2. The average Bonchev–Trinajstić information content (AvgIpc) is 3.15. The second-order valence-corrected chi connectivity index (χ2v) is 5.44. The molecule has 0 saturated carbocycles. The van der Waals surface area contributed by atoms with Crippen molar-refractivity contribution in [3.8, 4) is 11.5 Å². The van der Waals surface area contributed by atoms with Crippen LogP contribution in [0, 0.1) is 0 Å². The van der Waals surface area contributed by atoms with Gasteiger partial charge in [0, 0.05) is 6.54 Å². The highest BCUT2D eigenvalue weighted by atomic mass is 35.5. The van der Waals surface area contributed by atoms with Gasteiger partial charge < -0.3 is 31.6 Å². The summed E-state index contributed by atoms with van der Waals surface area (Å²) < 4.78 is 16.6. The Balaban J connectivity index is 0.00000225. The summed E-state index contributed by atoms with van der Waals surface area (Å²) in [7, 11) is 1.66. The molecule has 1 heterocycles. The summed E-state index contributed by atoms with van der Waals surface area (Å²) >= 11 is 0. The zero-order chi connectivity index (χ0) is 16.6. The number of hydrogen-bond donors (Lipinski definition) is 1. The molecule has 0 aliphatic rings. The van der Waals surface area contributed by atoms with Crippen molar-refractivity contribution in [2.24, 2.45) is 0 Å². The van der Waals surface area contributed by atoms with Crippen molar-refractivity contribution in [1.82, 2.24) is 5.32 Å². The Morgan fingerprint density at radius 2 is 1.72 bits per heavy atom. The number of methoxy groups -OCH3 is 1. The number of halogens is 1. The van der Waals surface area contributed by atoms with E-state index in [4.69, 9.17) is 13.9 Å². The summed E-state index contributed by atoms with van der Waals surface area (Å²) in [5.41, 5.74) is 2.26. The van der Waals surface area contributed by atoms with Gasteiger partial charge in [0.1, 0.15) is 12.4 Å². The van der Waals surface area contributed by atoms with Gasteiger partial charge in [-0.3, -0.25) is 0 Å². The second kappa shape index (κ2) is 9.77. The quantitative estimate of drug-likeness (QED) is 0.656. The minimum atomic E-state index is 0. The van der Waals surface area contributed by atoms with Gasteiger partial charge >= 0.3 is 0 Å². The van der Waals surface area contributed by atoms with E-state index in [1.165, 1.54) is 0 Å². The number of nitrogens with one attached hydrogen (secondary N) is 1. The first-order valence-electron chi connectivity index (χ1n) is 7.92. The van der Waals surface area contributed by atoms with Gasteiger partial charge in [0.2, 0.25) is 0 Å². The minimum Gasteiger partial charge on any atom is -1.00 e. The predicted octanol–water partition coefficient (Wildman–Crippen LogP) is 1.16. The van der Waals surface area contributed by atoms with E-state index in [2.05, 4.69) is 5.32 Å². The van der Waals surface area contributed by atoms with E-state index in [1.54, 1.807) is 13.4 Å². The molecule has 0 aliphatic heterocycles. The van der Waals surface area contributed by atoms with Crippen LogP contribution in [0.1, 0.15) is 16.9 Å². The minimum absolute atomic E-state index is 0. The molecule has 0 saturated heterocycles. The zero-order valence-corrected chi connectivity index (χ0v) is 14.8. The Labute approximate surface area is 154 Å². The lowest BCUT2D eigenvalue weighted by Crippen LogP contribution is -3.00. The third-order valence-corrected chi connectivity index (χ3v) is 3.67. The van der Waals surface area contributed by atoms with Gasteiger partial charge in [-0.2, -0.15) is 0 Å². The van der Waals surface area contributed by atoms with Gasteiger partial charge in [0.15, 0.2) is 11.5 Å². The zero-order valence-electron chi connectivity index (χ0n) is 14.1. The van der Waals surface area contributed by atoms with Crippen molar-refractivity contribution < 1.29 is 26.3 Å². The Kier molecular flexibility index (Phi) is 7.38. The van der Waals surface area contributed by atoms with Gasteiger partial charge in [-0.25, -0.2) is 0 Å². The molecule has 25 heavy (non-hydrogen) atoms. The third kappa shape index (κ3) is 5.55. The highest BCUT2D eigenvalue weighted by Crippen LogP contribution is 2.28. The maximum atomic E-state index is 5.87. The molecular formula is C20H21ClNO3-. The second-order valence-electron chi connectivity index (χ2n) is 5.44. The molecule has 4 nitrogen and oxygen atoms in total. The van der Waals surface area contributed by atoms with E-state index in [0.717, 1.165) is 34.9 Å². The van der Waals surface area contributed by atoms with Gasteiger partial charge in [-0.15, -0.1) is 0 Å². The molecule has 0 unspecified atom stereocenters. The molecule has 0 amide bonds. The van der Waals surface area contributed by atoms with Crippen LogP contribution in [0.5, 0.6) is 11.5 Å². The van der Waals surface area contributed by atoms with Crippen molar-refractivity contribution in [3.63, 3.8) is 0 Å². The Morgan fingerprint density at radius 1 is 0.880 bits per heavy atom. The maximum Gasteiger partial charge on any atom is 0.161 e. The van der Waals surface area contributed by atoms with Gasteiger partial charge in [-0.1, -0.05) is 36.4 Å².